The zero-order chi connectivity index (χ0) is 20.2. The van der Waals surface area contributed by atoms with Gasteiger partial charge in [-0.3, -0.25) is 9.48 Å². The number of hydrogen-bond acceptors (Lipinski definition) is 3. The van der Waals surface area contributed by atoms with Crippen molar-refractivity contribution in [3.05, 3.63) is 101 Å². The van der Waals surface area contributed by atoms with Crippen LogP contribution in [0.1, 0.15) is 28.5 Å². The summed E-state index contributed by atoms with van der Waals surface area (Å²) in [4.78, 5) is 12.4. The Labute approximate surface area is 173 Å². The second kappa shape index (κ2) is 8.29. The highest BCUT2D eigenvalue weighted by Crippen LogP contribution is 2.16. The first-order valence-electron chi connectivity index (χ1n) is 9.20. The quantitative estimate of drug-likeness (QED) is 0.381. The third-order valence-electron chi connectivity index (χ3n) is 4.62. The van der Waals surface area contributed by atoms with Crippen LogP contribution in [0.5, 0.6) is 0 Å². The molecular formula is C23H19ClN4O. The van der Waals surface area contributed by atoms with E-state index >= 15 is 0 Å². The number of aromatic nitrogens is 2. The van der Waals surface area contributed by atoms with Crippen LogP contribution in [0.4, 0.5) is 0 Å². The molecule has 0 aliphatic carbocycles. The molecule has 0 saturated carbocycles. The molecule has 1 amide bonds. The predicted molar refractivity (Wildman–Crippen MR) is 116 cm³/mol. The van der Waals surface area contributed by atoms with Gasteiger partial charge in [0.05, 0.1) is 12.3 Å². The van der Waals surface area contributed by atoms with E-state index in [9.17, 15) is 4.79 Å². The third-order valence-corrected chi connectivity index (χ3v) is 4.88. The van der Waals surface area contributed by atoms with Gasteiger partial charge < -0.3 is 0 Å². The van der Waals surface area contributed by atoms with Crippen LogP contribution in [0.25, 0.3) is 10.8 Å². The van der Waals surface area contributed by atoms with Gasteiger partial charge in [-0.15, -0.1) is 0 Å². The number of hydrazone groups is 1. The van der Waals surface area contributed by atoms with Crippen molar-refractivity contribution in [2.24, 2.45) is 5.10 Å². The monoisotopic (exact) mass is 402 g/mol. The lowest BCUT2D eigenvalue weighted by Gasteiger charge is -2.04. The number of nitrogens with one attached hydrogen (secondary N) is 1. The van der Waals surface area contributed by atoms with Gasteiger partial charge in [0.15, 0.2) is 5.69 Å². The van der Waals surface area contributed by atoms with Crippen LogP contribution in [0.15, 0.2) is 84.1 Å². The number of nitrogens with zero attached hydrogens (tertiary/aromatic N) is 3. The molecule has 0 fully saturated rings. The number of carbonyl (C=O) groups is 1. The number of rotatable bonds is 5. The number of halogens is 1. The van der Waals surface area contributed by atoms with Crippen LogP contribution in [0.3, 0.4) is 0 Å². The van der Waals surface area contributed by atoms with E-state index in [1.807, 2.05) is 55.5 Å². The van der Waals surface area contributed by atoms with Crippen molar-refractivity contribution in [2.45, 2.75) is 13.5 Å². The molecule has 6 heteroatoms. The van der Waals surface area contributed by atoms with Gasteiger partial charge in [-0.05, 0) is 53.1 Å². The number of fused-ring (bicyclic) bond motifs is 1. The Morgan fingerprint density at radius 2 is 1.79 bits per heavy atom. The average Bonchev–Trinajstić information content (AvgIpc) is 3.21. The van der Waals surface area contributed by atoms with Crippen LogP contribution in [-0.4, -0.2) is 21.4 Å². The number of carbonyl (C=O) groups excluding carboxylic acids is 1. The van der Waals surface area contributed by atoms with Crippen LogP contribution in [0.2, 0.25) is 5.02 Å². The van der Waals surface area contributed by atoms with Crippen LogP contribution < -0.4 is 5.43 Å². The number of amides is 1. The van der Waals surface area contributed by atoms with E-state index in [0.29, 0.717) is 17.3 Å². The Morgan fingerprint density at radius 3 is 2.59 bits per heavy atom. The zero-order valence-electron chi connectivity index (χ0n) is 15.8. The summed E-state index contributed by atoms with van der Waals surface area (Å²) in [6.45, 7) is 2.42. The Kier molecular flexibility index (Phi) is 5.40. The first-order chi connectivity index (χ1) is 14.1. The molecule has 0 spiro atoms. The molecule has 0 aliphatic rings. The van der Waals surface area contributed by atoms with Crippen molar-refractivity contribution in [3.63, 3.8) is 0 Å². The van der Waals surface area contributed by atoms with E-state index in [2.05, 4.69) is 33.8 Å². The minimum Gasteiger partial charge on any atom is -0.268 e. The summed E-state index contributed by atoms with van der Waals surface area (Å²) in [5, 5.41) is 11.5. The summed E-state index contributed by atoms with van der Waals surface area (Å²) >= 11 is 5.91. The molecular weight excluding hydrogens is 384 g/mol. The molecule has 1 heterocycles. The van der Waals surface area contributed by atoms with E-state index in [-0.39, 0.29) is 5.91 Å². The van der Waals surface area contributed by atoms with Gasteiger partial charge in [-0.2, -0.15) is 10.2 Å². The van der Waals surface area contributed by atoms with Crippen molar-refractivity contribution in [1.82, 2.24) is 15.2 Å². The van der Waals surface area contributed by atoms with Crippen LogP contribution >= 0.6 is 11.6 Å². The molecule has 1 N–H and O–H groups in total. The van der Waals surface area contributed by atoms with Crippen LogP contribution in [0, 0.1) is 0 Å². The molecule has 0 saturated heterocycles. The maximum absolute atomic E-state index is 12.4. The Bertz CT molecular complexity index is 1190. The minimum atomic E-state index is -0.347. The molecule has 4 aromatic rings. The fraction of sp³-hybridized carbons (Fsp3) is 0.0870. The van der Waals surface area contributed by atoms with Gasteiger partial charge in [0.2, 0.25) is 0 Å². The molecule has 144 valence electrons. The smallest absolute Gasteiger partial charge is 0.268 e. The van der Waals surface area contributed by atoms with E-state index in [1.165, 1.54) is 5.39 Å². The SMILES string of the molecule is C/C(=N/NC(=O)c1ccn(Cc2ccc(Cl)cc2)n1)c1ccc2ccccc2c1. The van der Waals surface area contributed by atoms with Crippen molar-refractivity contribution in [3.8, 4) is 0 Å². The van der Waals surface area contributed by atoms with E-state index in [1.54, 1.807) is 16.9 Å². The summed E-state index contributed by atoms with van der Waals surface area (Å²) in [6.07, 6.45) is 1.77. The first kappa shape index (κ1) is 18.9. The second-order valence-corrected chi connectivity index (χ2v) is 7.16. The Balaban J connectivity index is 1.43. The topological polar surface area (TPSA) is 59.3 Å². The fourth-order valence-corrected chi connectivity index (χ4v) is 3.14. The summed E-state index contributed by atoms with van der Waals surface area (Å²) in [5.41, 5.74) is 5.63. The van der Waals surface area contributed by atoms with Crippen molar-refractivity contribution in [2.75, 3.05) is 0 Å². The average molecular weight is 403 g/mol. The molecule has 4 rings (SSSR count). The second-order valence-electron chi connectivity index (χ2n) is 6.73. The first-order valence-corrected chi connectivity index (χ1v) is 9.58. The molecule has 3 aromatic carbocycles. The largest absolute Gasteiger partial charge is 0.291 e. The van der Waals surface area contributed by atoms with Gasteiger partial charge in [0, 0.05) is 11.2 Å². The lowest BCUT2D eigenvalue weighted by molar-refractivity contribution is 0.0949. The summed E-state index contributed by atoms with van der Waals surface area (Å²) in [6, 6.07) is 23.4. The van der Waals surface area contributed by atoms with Gasteiger partial charge in [0.1, 0.15) is 0 Å². The molecule has 0 unspecified atom stereocenters. The summed E-state index contributed by atoms with van der Waals surface area (Å²) < 4.78 is 1.71. The highest BCUT2D eigenvalue weighted by atomic mass is 35.5. The van der Waals surface area contributed by atoms with Crippen molar-refractivity contribution in [1.29, 1.82) is 0 Å². The predicted octanol–water partition coefficient (Wildman–Crippen LogP) is 4.89. The molecule has 1 aromatic heterocycles. The summed E-state index contributed by atoms with van der Waals surface area (Å²) in [5.74, 6) is -0.347. The van der Waals surface area contributed by atoms with Crippen LogP contribution in [-0.2, 0) is 6.54 Å². The van der Waals surface area contributed by atoms with Crippen molar-refractivity contribution < 1.29 is 4.79 Å². The van der Waals surface area contributed by atoms with E-state index in [0.717, 1.165) is 22.2 Å². The standard InChI is InChI=1S/C23H19ClN4O/c1-16(19-9-8-18-4-2-3-5-20(18)14-19)25-26-23(29)22-12-13-28(27-22)15-17-6-10-21(24)11-7-17/h2-14H,15H2,1H3,(H,26,29)/b25-16-. The third kappa shape index (κ3) is 4.52. The number of benzene rings is 3. The van der Waals surface area contributed by atoms with Gasteiger partial charge in [-0.25, -0.2) is 5.43 Å². The normalized spacial score (nSPS) is 11.6. The molecule has 0 radical (unpaired) electrons. The molecule has 0 bridgehead atoms. The molecule has 29 heavy (non-hydrogen) atoms. The number of hydrogen-bond donors (Lipinski definition) is 1. The summed E-state index contributed by atoms with van der Waals surface area (Å²) in [7, 11) is 0. The van der Waals surface area contributed by atoms with E-state index < -0.39 is 0 Å². The van der Waals surface area contributed by atoms with Crippen molar-refractivity contribution >= 4 is 34.0 Å². The maximum atomic E-state index is 12.4. The van der Waals surface area contributed by atoms with E-state index in [4.69, 9.17) is 11.6 Å². The van der Waals surface area contributed by atoms with Gasteiger partial charge in [0.25, 0.3) is 5.91 Å². The lowest BCUT2D eigenvalue weighted by Crippen LogP contribution is -2.20. The molecule has 0 aliphatic heterocycles. The minimum absolute atomic E-state index is 0.314. The highest BCUT2D eigenvalue weighted by molar-refractivity contribution is 6.30. The maximum Gasteiger partial charge on any atom is 0.291 e. The Hall–Kier alpha value is -3.44. The van der Waals surface area contributed by atoms with Gasteiger partial charge in [-0.1, -0.05) is 60.1 Å². The molecule has 0 atom stereocenters. The zero-order valence-corrected chi connectivity index (χ0v) is 16.6. The molecule has 5 nitrogen and oxygen atoms in total. The lowest BCUT2D eigenvalue weighted by atomic mass is 10.0. The Morgan fingerprint density at radius 1 is 1.03 bits per heavy atom. The fourth-order valence-electron chi connectivity index (χ4n) is 3.02. The highest BCUT2D eigenvalue weighted by Gasteiger charge is 2.09. The van der Waals surface area contributed by atoms with Gasteiger partial charge >= 0.3 is 0 Å².